The van der Waals surface area contributed by atoms with Crippen LogP contribution in [0.2, 0.25) is 0 Å². The second kappa shape index (κ2) is 5.48. The molecule has 0 unspecified atom stereocenters. The quantitative estimate of drug-likeness (QED) is 0.895. The molecule has 18 heavy (non-hydrogen) atoms. The maximum absolute atomic E-state index is 13.3. The molecule has 0 aliphatic heterocycles. The Balaban J connectivity index is 2.96. The van der Waals surface area contributed by atoms with E-state index in [-0.39, 0.29) is 12.5 Å². The van der Waals surface area contributed by atoms with Gasteiger partial charge in [-0.25, -0.2) is 4.39 Å². The summed E-state index contributed by atoms with van der Waals surface area (Å²) in [7, 11) is 0. The summed E-state index contributed by atoms with van der Waals surface area (Å²) in [6, 6.07) is 4.25. The maximum atomic E-state index is 13.3. The average Bonchev–Trinajstić information content (AvgIpc) is 2.22. The zero-order chi connectivity index (χ0) is 13.9. The molecule has 0 atom stereocenters. The van der Waals surface area contributed by atoms with Gasteiger partial charge in [0.2, 0.25) is 0 Å². The zero-order valence-electron chi connectivity index (χ0n) is 11.3. The molecule has 0 aromatic heterocycles. The SMILES string of the molecule is CCN(CC(C)(C)O)C(=O)c1cc(C)cc(F)c1. The maximum Gasteiger partial charge on any atom is 0.254 e. The van der Waals surface area contributed by atoms with Crippen LogP contribution in [0, 0.1) is 12.7 Å². The Kier molecular flexibility index (Phi) is 4.46. The van der Waals surface area contributed by atoms with Crippen LogP contribution in [-0.2, 0) is 0 Å². The van der Waals surface area contributed by atoms with E-state index in [0.29, 0.717) is 17.7 Å². The molecule has 1 amide bonds. The summed E-state index contributed by atoms with van der Waals surface area (Å²) in [5.41, 5.74) is 0.0601. The van der Waals surface area contributed by atoms with Crippen LogP contribution in [0.1, 0.15) is 36.7 Å². The number of likely N-dealkylation sites (N-methyl/N-ethyl adjacent to an activating group) is 1. The molecule has 1 aromatic carbocycles. The first-order valence-corrected chi connectivity index (χ1v) is 6.02. The summed E-state index contributed by atoms with van der Waals surface area (Å²) < 4.78 is 13.3. The minimum absolute atomic E-state index is 0.220. The molecule has 0 saturated carbocycles. The Morgan fingerprint density at radius 2 is 2.00 bits per heavy atom. The Hall–Kier alpha value is -1.42. The molecule has 1 aromatic rings. The third-order valence-corrected chi connectivity index (χ3v) is 2.54. The zero-order valence-corrected chi connectivity index (χ0v) is 11.3. The van der Waals surface area contributed by atoms with Gasteiger partial charge in [-0.2, -0.15) is 0 Å². The average molecular weight is 253 g/mol. The first-order valence-electron chi connectivity index (χ1n) is 6.02. The predicted molar refractivity (Wildman–Crippen MR) is 69.0 cm³/mol. The standard InChI is InChI=1S/C14H20FNO2/c1-5-16(9-14(3,4)18)13(17)11-6-10(2)7-12(15)8-11/h6-8,18H,5,9H2,1-4H3. The van der Waals surface area contributed by atoms with Gasteiger partial charge in [-0.1, -0.05) is 0 Å². The number of hydrogen-bond donors (Lipinski definition) is 1. The van der Waals surface area contributed by atoms with Gasteiger partial charge in [0.05, 0.1) is 5.60 Å². The van der Waals surface area contributed by atoms with Gasteiger partial charge in [-0.3, -0.25) is 4.79 Å². The van der Waals surface area contributed by atoms with E-state index < -0.39 is 11.4 Å². The second-order valence-corrected chi connectivity index (χ2v) is 5.15. The van der Waals surface area contributed by atoms with E-state index in [0.717, 1.165) is 0 Å². The number of rotatable bonds is 4. The lowest BCUT2D eigenvalue weighted by molar-refractivity contribution is 0.0314. The number of hydrogen-bond acceptors (Lipinski definition) is 2. The molecule has 0 bridgehead atoms. The molecule has 100 valence electrons. The van der Waals surface area contributed by atoms with Crippen LogP contribution in [0.4, 0.5) is 4.39 Å². The lowest BCUT2D eigenvalue weighted by Gasteiger charge is -2.28. The van der Waals surface area contributed by atoms with Crippen molar-refractivity contribution >= 4 is 5.91 Å². The monoisotopic (exact) mass is 253 g/mol. The van der Waals surface area contributed by atoms with Crippen LogP contribution < -0.4 is 0 Å². The second-order valence-electron chi connectivity index (χ2n) is 5.15. The van der Waals surface area contributed by atoms with Crippen molar-refractivity contribution in [3.63, 3.8) is 0 Å². The summed E-state index contributed by atoms with van der Waals surface area (Å²) in [6.07, 6.45) is 0. The fraction of sp³-hybridized carbons (Fsp3) is 0.500. The van der Waals surface area contributed by atoms with Gasteiger partial charge < -0.3 is 10.0 Å². The number of carbonyl (C=O) groups is 1. The van der Waals surface area contributed by atoms with Gasteiger partial charge in [0.15, 0.2) is 0 Å². The molecular formula is C14H20FNO2. The highest BCUT2D eigenvalue weighted by Gasteiger charge is 2.22. The van der Waals surface area contributed by atoms with Gasteiger partial charge in [0.25, 0.3) is 5.91 Å². The molecule has 0 radical (unpaired) electrons. The van der Waals surface area contributed by atoms with Crippen molar-refractivity contribution in [2.45, 2.75) is 33.3 Å². The van der Waals surface area contributed by atoms with Crippen molar-refractivity contribution < 1.29 is 14.3 Å². The fourth-order valence-electron chi connectivity index (χ4n) is 1.84. The molecule has 3 nitrogen and oxygen atoms in total. The van der Waals surface area contributed by atoms with Crippen LogP contribution in [0.15, 0.2) is 18.2 Å². The highest BCUT2D eigenvalue weighted by atomic mass is 19.1. The third kappa shape index (κ3) is 4.11. The largest absolute Gasteiger partial charge is 0.389 e. The third-order valence-electron chi connectivity index (χ3n) is 2.54. The molecule has 0 saturated heterocycles. The van der Waals surface area contributed by atoms with Crippen LogP contribution in [0.5, 0.6) is 0 Å². The van der Waals surface area contributed by atoms with E-state index in [4.69, 9.17) is 0 Å². The Bertz CT molecular complexity index is 418. The van der Waals surface area contributed by atoms with Crippen LogP contribution >= 0.6 is 0 Å². The highest BCUT2D eigenvalue weighted by molar-refractivity contribution is 5.94. The molecule has 1 rings (SSSR count). The van der Waals surface area contributed by atoms with E-state index in [1.165, 1.54) is 17.0 Å². The molecular weight excluding hydrogens is 233 g/mol. The number of halogens is 1. The van der Waals surface area contributed by atoms with Crippen molar-refractivity contribution in [3.05, 3.63) is 35.1 Å². The van der Waals surface area contributed by atoms with Gasteiger partial charge in [0.1, 0.15) is 5.82 Å². The van der Waals surface area contributed by atoms with Crippen molar-refractivity contribution in [2.75, 3.05) is 13.1 Å². The smallest absolute Gasteiger partial charge is 0.254 e. The summed E-state index contributed by atoms with van der Waals surface area (Å²) in [4.78, 5) is 13.7. The first kappa shape index (κ1) is 14.6. The summed E-state index contributed by atoms with van der Waals surface area (Å²) >= 11 is 0. The van der Waals surface area contributed by atoms with E-state index in [1.54, 1.807) is 26.8 Å². The van der Waals surface area contributed by atoms with Crippen molar-refractivity contribution in [2.24, 2.45) is 0 Å². The number of nitrogens with zero attached hydrogens (tertiary/aromatic N) is 1. The first-order chi connectivity index (χ1) is 8.23. The highest BCUT2D eigenvalue weighted by Crippen LogP contribution is 2.13. The Labute approximate surface area is 107 Å². The number of carbonyl (C=O) groups excluding carboxylic acids is 1. The normalized spacial score (nSPS) is 11.4. The van der Waals surface area contributed by atoms with Crippen LogP contribution in [0.3, 0.4) is 0 Å². The number of amides is 1. The van der Waals surface area contributed by atoms with Gasteiger partial charge >= 0.3 is 0 Å². The van der Waals surface area contributed by atoms with Gasteiger partial charge in [-0.05, 0) is 51.5 Å². The number of benzene rings is 1. The van der Waals surface area contributed by atoms with Crippen molar-refractivity contribution in [1.29, 1.82) is 0 Å². The summed E-state index contributed by atoms with van der Waals surface area (Å²) in [6.45, 7) is 7.54. The van der Waals surface area contributed by atoms with Crippen LogP contribution in [0.25, 0.3) is 0 Å². The predicted octanol–water partition coefficient (Wildman–Crippen LogP) is 2.37. The lowest BCUT2D eigenvalue weighted by Crippen LogP contribution is -2.42. The Morgan fingerprint density at radius 3 is 2.44 bits per heavy atom. The van der Waals surface area contributed by atoms with Gasteiger partial charge in [-0.15, -0.1) is 0 Å². The van der Waals surface area contributed by atoms with E-state index in [9.17, 15) is 14.3 Å². The minimum Gasteiger partial charge on any atom is -0.389 e. The molecule has 0 heterocycles. The molecule has 0 aliphatic rings. The topological polar surface area (TPSA) is 40.5 Å². The minimum atomic E-state index is -0.964. The van der Waals surface area contributed by atoms with E-state index in [1.807, 2.05) is 6.92 Å². The molecule has 0 fully saturated rings. The van der Waals surface area contributed by atoms with E-state index in [2.05, 4.69) is 0 Å². The van der Waals surface area contributed by atoms with Crippen LogP contribution in [-0.4, -0.2) is 34.6 Å². The van der Waals surface area contributed by atoms with Gasteiger partial charge in [0, 0.05) is 18.7 Å². The summed E-state index contributed by atoms with van der Waals surface area (Å²) in [5.74, 6) is -0.681. The van der Waals surface area contributed by atoms with Crippen molar-refractivity contribution in [3.8, 4) is 0 Å². The molecule has 0 aliphatic carbocycles. The van der Waals surface area contributed by atoms with Crippen molar-refractivity contribution in [1.82, 2.24) is 4.90 Å². The molecule has 4 heteroatoms. The molecule has 1 N–H and O–H groups in total. The summed E-state index contributed by atoms with van der Waals surface area (Å²) in [5, 5.41) is 9.76. The number of aliphatic hydroxyl groups is 1. The lowest BCUT2D eigenvalue weighted by atomic mass is 10.1. The Morgan fingerprint density at radius 1 is 1.39 bits per heavy atom. The molecule has 0 spiro atoms. The fourth-order valence-corrected chi connectivity index (χ4v) is 1.84. The number of aryl methyl sites for hydroxylation is 1. The van der Waals surface area contributed by atoms with E-state index >= 15 is 0 Å².